The predicted molar refractivity (Wildman–Crippen MR) is 61.2 cm³/mol. The molecule has 0 heterocycles. The predicted octanol–water partition coefficient (Wildman–Crippen LogP) is 2.62. The fraction of sp³-hybridized carbons (Fsp3) is 0.500. The maximum Gasteiger partial charge on any atom is 0.573 e. The number of aliphatic hydroxyl groups excluding tert-OH is 1. The summed E-state index contributed by atoms with van der Waals surface area (Å²) in [5, 5.41) is 12.8. The normalized spacial score (nSPS) is 13.7. The minimum absolute atomic E-state index is 0.114. The lowest BCUT2D eigenvalue weighted by atomic mass is 10.1. The van der Waals surface area contributed by atoms with Crippen molar-refractivity contribution >= 4 is 0 Å². The monoisotopic (exact) mass is 263 g/mol. The molecule has 2 N–H and O–H groups in total. The highest BCUT2D eigenvalue weighted by molar-refractivity contribution is 5.35. The SMILES string of the molecule is CC(C)NCC(O)c1ccccc1OC(F)(F)F. The van der Waals surface area contributed by atoms with E-state index in [4.69, 9.17) is 0 Å². The molecular weight excluding hydrogens is 247 g/mol. The van der Waals surface area contributed by atoms with E-state index in [0.29, 0.717) is 0 Å². The topological polar surface area (TPSA) is 41.5 Å². The Kier molecular flexibility index (Phi) is 4.98. The first kappa shape index (κ1) is 14.8. The van der Waals surface area contributed by atoms with E-state index in [0.717, 1.165) is 0 Å². The van der Waals surface area contributed by atoms with Crippen LogP contribution < -0.4 is 10.1 Å². The van der Waals surface area contributed by atoms with Crippen LogP contribution in [0.3, 0.4) is 0 Å². The summed E-state index contributed by atoms with van der Waals surface area (Å²) in [7, 11) is 0. The molecule has 0 radical (unpaired) electrons. The Morgan fingerprint density at radius 1 is 1.28 bits per heavy atom. The molecule has 0 aliphatic carbocycles. The molecule has 0 fully saturated rings. The second-order valence-electron chi connectivity index (χ2n) is 4.16. The molecule has 102 valence electrons. The molecule has 6 heteroatoms. The molecule has 1 aromatic rings. The van der Waals surface area contributed by atoms with Crippen molar-refractivity contribution in [3.63, 3.8) is 0 Å². The summed E-state index contributed by atoms with van der Waals surface area (Å²) in [6.45, 7) is 3.92. The van der Waals surface area contributed by atoms with Crippen molar-refractivity contribution in [2.75, 3.05) is 6.54 Å². The van der Waals surface area contributed by atoms with Gasteiger partial charge >= 0.3 is 6.36 Å². The Hall–Kier alpha value is -1.27. The summed E-state index contributed by atoms with van der Waals surface area (Å²) >= 11 is 0. The molecule has 1 unspecified atom stereocenters. The van der Waals surface area contributed by atoms with Crippen LogP contribution in [0, 0.1) is 0 Å². The van der Waals surface area contributed by atoms with Crippen molar-refractivity contribution in [2.24, 2.45) is 0 Å². The number of nitrogens with one attached hydrogen (secondary N) is 1. The van der Waals surface area contributed by atoms with E-state index in [1.165, 1.54) is 18.2 Å². The molecule has 0 spiro atoms. The van der Waals surface area contributed by atoms with Gasteiger partial charge in [0.05, 0.1) is 6.10 Å². The van der Waals surface area contributed by atoms with Gasteiger partial charge in [0.15, 0.2) is 0 Å². The highest BCUT2D eigenvalue weighted by Crippen LogP contribution is 2.29. The van der Waals surface area contributed by atoms with Crippen LogP contribution in [0.15, 0.2) is 24.3 Å². The molecule has 1 rings (SSSR count). The number of ether oxygens (including phenoxy) is 1. The number of rotatable bonds is 5. The fourth-order valence-electron chi connectivity index (χ4n) is 1.43. The van der Waals surface area contributed by atoms with Crippen LogP contribution in [0.1, 0.15) is 25.5 Å². The van der Waals surface area contributed by atoms with Gasteiger partial charge in [-0.25, -0.2) is 0 Å². The van der Waals surface area contributed by atoms with Gasteiger partial charge in [0, 0.05) is 18.2 Å². The summed E-state index contributed by atoms with van der Waals surface area (Å²) in [6.07, 6.45) is -5.81. The molecule has 0 aliphatic heterocycles. The average molecular weight is 263 g/mol. The van der Waals surface area contributed by atoms with E-state index in [2.05, 4.69) is 10.1 Å². The zero-order valence-electron chi connectivity index (χ0n) is 10.2. The van der Waals surface area contributed by atoms with Gasteiger partial charge in [-0.3, -0.25) is 0 Å². The van der Waals surface area contributed by atoms with Crippen molar-refractivity contribution in [3.05, 3.63) is 29.8 Å². The average Bonchev–Trinajstić information content (AvgIpc) is 2.24. The van der Waals surface area contributed by atoms with Gasteiger partial charge in [-0.1, -0.05) is 32.0 Å². The van der Waals surface area contributed by atoms with Gasteiger partial charge in [-0.15, -0.1) is 13.2 Å². The first-order valence-corrected chi connectivity index (χ1v) is 5.55. The van der Waals surface area contributed by atoms with Crippen molar-refractivity contribution < 1.29 is 23.0 Å². The summed E-state index contributed by atoms with van der Waals surface area (Å²) < 4.78 is 40.4. The van der Waals surface area contributed by atoms with Crippen LogP contribution in [0.25, 0.3) is 0 Å². The Morgan fingerprint density at radius 3 is 2.44 bits per heavy atom. The highest BCUT2D eigenvalue weighted by Gasteiger charge is 2.32. The molecule has 0 saturated heterocycles. The van der Waals surface area contributed by atoms with Gasteiger partial charge < -0.3 is 15.2 Å². The molecule has 1 atom stereocenters. The zero-order valence-corrected chi connectivity index (χ0v) is 10.2. The maximum absolute atomic E-state index is 12.2. The number of hydrogen-bond acceptors (Lipinski definition) is 3. The molecule has 0 aliphatic rings. The number of hydrogen-bond donors (Lipinski definition) is 2. The highest BCUT2D eigenvalue weighted by atomic mass is 19.4. The largest absolute Gasteiger partial charge is 0.573 e. The third-order valence-electron chi connectivity index (χ3n) is 2.22. The van der Waals surface area contributed by atoms with Crippen LogP contribution in [0.4, 0.5) is 13.2 Å². The lowest BCUT2D eigenvalue weighted by Crippen LogP contribution is -2.28. The van der Waals surface area contributed by atoms with E-state index < -0.39 is 12.5 Å². The molecule has 0 amide bonds. The number of aliphatic hydroxyl groups is 1. The molecule has 0 saturated carbocycles. The molecule has 3 nitrogen and oxygen atoms in total. The number of halogens is 3. The summed E-state index contributed by atoms with van der Waals surface area (Å²) in [5.41, 5.74) is 0.114. The van der Waals surface area contributed by atoms with Crippen molar-refractivity contribution in [2.45, 2.75) is 32.4 Å². The van der Waals surface area contributed by atoms with Crippen molar-refractivity contribution in [3.8, 4) is 5.75 Å². The third-order valence-corrected chi connectivity index (χ3v) is 2.22. The molecule has 0 aromatic heterocycles. The lowest BCUT2D eigenvalue weighted by molar-refractivity contribution is -0.275. The Bertz CT molecular complexity index is 380. The Balaban J connectivity index is 2.81. The van der Waals surface area contributed by atoms with E-state index in [9.17, 15) is 18.3 Å². The van der Waals surface area contributed by atoms with Crippen molar-refractivity contribution in [1.29, 1.82) is 0 Å². The third kappa shape index (κ3) is 4.93. The summed E-state index contributed by atoms with van der Waals surface area (Å²) in [5.74, 6) is -0.372. The van der Waals surface area contributed by atoms with Crippen LogP contribution in [-0.2, 0) is 0 Å². The van der Waals surface area contributed by atoms with Gasteiger partial charge in [-0.2, -0.15) is 0 Å². The fourth-order valence-corrected chi connectivity index (χ4v) is 1.43. The van der Waals surface area contributed by atoms with Crippen LogP contribution in [0.5, 0.6) is 5.75 Å². The minimum atomic E-state index is -4.76. The summed E-state index contributed by atoms with van der Waals surface area (Å²) in [4.78, 5) is 0. The second-order valence-corrected chi connectivity index (χ2v) is 4.16. The number of benzene rings is 1. The quantitative estimate of drug-likeness (QED) is 0.858. The first-order chi connectivity index (χ1) is 8.29. The van der Waals surface area contributed by atoms with Gasteiger partial charge in [0.2, 0.25) is 0 Å². The van der Waals surface area contributed by atoms with Crippen LogP contribution in [0.2, 0.25) is 0 Å². The van der Waals surface area contributed by atoms with Crippen LogP contribution in [-0.4, -0.2) is 24.1 Å². The van der Waals surface area contributed by atoms with E-state index in [1.807, 2.05) is 13.8 Å². The molecule has 18 heavy (non-hydrogen) atoms. The van der Waals surface area contributed by atoms with E-state index in [1.54, 1.807) is 6.07 Å². The lowest BCUT2D eigenvalue weighted by Gasteiger charge is -2.18. The van der Waals surface area contributed by atoms with Gasteiger partial charge in [0.25, 0.3) is 0 Å². The van der Waals surface area contributed by atoms with Gasteiger partial charge in [0.1, 0.15) is 5.75 Å². The maximum atomic E-state index is 12.2. The van der Waals surface area contributed by atoms with E-state index in [-0.39, 0.29) is 23.9 Å². The minimum Gasteiger partial charge on any atom is -0.405 e. The zero-order chi connectivity index (χ0) is 13.8. The standard InChI is InChI=1S/C12H16F3NO2/c1-8(2)16-7-10(17)9-5-3-4-6-11(9)18-12(13,14)15/h3-6,8,10,16-17H,7H2,1-2H3. The molecule has 0 bridgehead atoms. The Labute approximate surface area is 104 Å². The van der Waals surface area contributed by atoms with Gasteiger partial charge in [-0.05, 0) is 6.07 Å². The molecular formula is C12H16F3NO2. The second kappa shape index (κ2) is 6.06. The van der Waals surface area contributed by atoms with Crippen molar-refractivity contribution in [1.82, 2.24) is 5.32 Å². The number of para-hydroxylation sites is 1. The Morgan fingerprint density at radius 2 is 1.89 bits per heavy atom. The van der Waals surface area contributed by atoms with E-state index >= 15 is 0 Å². The summed E-state index contributed by atoms with van der Waals surface area (Å²) in [6, 6.07) is 5.70. The first-order valence-electron chi connectivity index (χ1n) is 5.55. The van der Waals surface area contributed by atoms with Crippen LogP contribution >= 0.6 is 0 Å². The smallest absolute Gasteiger partial charge is 0.405 e. The number of alkyl halides is 3. The molecule has 1 aromatic carbocycles.